The van der Waals surface area contributed by atoms with E-state index in [0.29, 0.717) is 19.4 Å². The first kappa shape index (κ1) is 21.7. The summed E-state index contributed by atoms with van der Waals surface area (Å²) in [6.45, 7) is 8.38. The van der Waals surface area contributed by atoms with Crippen LogP contribution in [0.3, 0.4) is 0 Å². The van der Waals surface area contributed by atoms with Crippen LogP contribution >= 0.6 is 0 Å². The van der Waals surface area contributed by atoms with Gasteiger partial charge in [-0.25, -0.2) is 0 Å². The van der Waals surface area contributed by atoms with Crippen LogP contribution in [0.25, 0.3) is 0 Å². The Labute approximate surface area is 169 Å². The molecule has 2 aromatic rings. The van der Waals surface area contributed by atoms with Gasteiger partial charge in [0.1, 0.15) is 6.04 Å². The second-order valence-electron chi connectivity index (χ2n) is 7.51. The van der Waals surface area contributed by atoms with Crippen LogP contribution in [0.4, 0.5) is 0 Å². The normalized spacial score (nSPS) is 11.9. The van der Waals surface area contributed by atoms with Gasteiger partial charge in [-0.15, -0.1) is 0 Å². The molecule has 2 aromatic carbocycles. The van der Waals surface area contributed by atoms with Gasteiger partial charge in [-0.3, -0.25) is 9.59 Å². The van der Waals surface area contributed by atoms with E-state index >= 15 is 0 Å². The Hall–Kier alpha value is -2.62. The third-order valence-corrected chi connectivity index (χ3v) is 4.90. The van der Waals surface area contributed by atoms with Crippen molar-refractivity contribution in [2.24, 2.45) is 0 Å². The summed E-state index contributed by atoms with van der Waals surface area (Å²) in [6, 6.07) is 17.6. The summed E-state index contributed by atoms with van der Waals surface area (Å²) < 4.78 is 0. The van der Waals surface area contributed by atoms with Gasteiger partial charge in [0.25, 0.3) is 0 Å². The Morgan fingerprint density at radius 2 is 1.64 bits per heavy atom. The minimum absolute atomic E-state index is 0.00372. The van der Waals surface area contributed by atoms with Crippen LogP contribution in [0, 0.1) is 6.92 Å². The highest BCUT2D eigenvalue weighted by Crippen LogP contribution is 2.14. The van der Waals surface area contributed by atoms with Gasteiger partial charge in [-0.05, 0) is 50.3 Å². The predicted octanol–water partition coefficient (Wildman–Crippen LogP) is 3.91. The van der Waals surface area contributed by atoms with Crippen molar-refractivity contribution in [2.45, 2.75) is 59.0 Å². The molecule has 0 aliphatic rings. The van der Waals surface area contributed by atoms with Crippen LogP contribution in [-0.2, 0) is 22.4 Å². The van der Waals surface area contributed by atoms with E-state index in [1.807, 2.05) is 70.2 Å². The number of rotatable bonds is 9. The minimum atomic E-state index is -0.456. The summed E-state index contributed by atoms with van der Waals surface area (Å²) in [5.74, 6) is -0.0836. The molecule has 0 saturated carbocycles. The number of hydrogen-bond acceptors (Lipinski definition) is 2. The molecule has 1 unspecified atom stereocenters. The molecule has 4 heteroatoms. The maximum Gasteiger partial charge on any atom is 0.242 e. The highest BCUT2D eigenvalue weighted by Gasteiger charge is 2.28. The van der Waals surface area contributed by atoms with E-state index < -0.39 is 6.04 Å². The van der Waals surface area contributed by atoms with Crippen LogP contribution in [-0.4, -0.2) is 35.3 Å². The molecular formula is C24H32N2O2. The SMILES string of the molecule is CCC(C(=O)NC(C)C)N(CCc1ccccc1)C(=O)Cc1ccccc1C. The zero-order chi connectivity index (χ0) is 20.5. The van der Waals surface area contributed by atoms with Crippen molar-refractivity contribution in [2.75, 3.05) is 6.54 Å². The Bertz CT molecular complexity index is 771. The maximum absolute atomic E-state index is 13.2. The zero-order valence-corrected chi connectivity index (χ0v) is 17.4. The molecule has 0 fully saturated rings. The highest BCUT2D eigenvalue weighted by molar-refractivity contribution is 5.88. The maximum atomic E-state index is 13.2. The van der Waals surface area contributed by atoms with Gasteiger partial charge in [0.2, 0.25) is 11.8 Å². The summed E-state index contributed by atoms with van der Waals surface area (Å²) in [5.41, 5.74) is 3.27. The van der Waals surface area contributed by atoms with E-state index in [1.54, 1.807) is 4.90 Å². The topological polar surface area (TPSA) is 49.4 Å². The van der Waals surface area contributed by atoms with E-state index in [2.05, 4.69) is 17.4 Å². The van der Waals surface area contributed by atoms with Gasteiger partial charge in [0.05, 0.1) is 6.42 Å². The number of aryl methyl sites for hydroxylation is 1. The van der Waals surface area contributed by atoms with Crippen LogP contribution in [0.5, 0.6) is 0 Å². The molecule has 0 saturated heterocycles. The Kier molecular flexibility index (Phi) is 8.24. The lowest BCUT2D eigenvalue weighted by atomic mass is 10.0. The molecule has 0 heterocycles. The predicted molar refractivity (Wildman–Crippen MR) is 114 cm³/mol. The van der Waals surface area contributed by atoms with Crippen molar-refractivity contribution in [3.63, 3.8) is 0 Å². The molecule has 0 bridgehead atoms. The van der Waals surface area contributed by atoms with Gasteiger partial charge in [-0.1, -0.05) is 61.5 Å². The van der Waals surface area contributed by atoms with E-state index in [4.69, 9.17) is 0 Å². The van der Waals surface area contributed by atoms with E-state index in [0.717, 1.165) is 23.1 Å². The highest BCUT2D eigenvalue weighted by atomic mass is 16.2. The second kappa shape index (κ2) is 10.6. The van der Waals surface area contributed by atoms with Gasteiger partial charge in [-0.2, -0.15) is 0 Å². The molecule has 0 aromatic heterocycles. The molecule has 2 rings (SSSR count). The Morgan fingerprint density at radius 3 is 2.25 bits per heavy atom. The number of carbonyl (C=O) groups excluding carboxylic acids is 2. The summed E-state index contributed by atoms with van der Waals surface area (Å²) in [4.78, 5) is 27.7. The molecule has 0 aliphatic carbocycles. The first-order chi connectivity index (χ1) is 13.4. The molecule has 1 N–H and O–H groups in total. The van der Waals surface area contributed by atoms with Crippen LogP contribution in [0.15, 0.2) is 54.6 Å². The van der Waals surface area contributed by atoms with Crippen molar-refractivity contribution in [1.82, 2.24) is 10.2 Å². The minimum Gasteiger partial charge on any atom is -0.352 e. The first-order valence-electron chi connectivity index (χ1n) is 10.1. The van der Waals surface area contributed by atoms with Crippen molar-refractivity contribution < 1.29 is 9.59 Å². The van der Waals surface area contributed by atoms with Crippen molar-refractivity contribution in [3.05, 3.63) is 71.3 Å². The molecule has 4 nitrogen and oxygen atoms in total. The molecule has 1 atom stereocenters. The van der Waals surface area contributed by atoms with Crippen LogP contribution in [0.2, 0.25) is 0 Å². The lowest BCUT2D eigenvalue weighted by molar-refractivity contribution is -0.140. The standard InChI is InChI=1S/C24H32N2O2/c1-5-22(24(28)25-18(2)3)26(16-15-20-12-7-6-8-13-20)23(27)17-21-14-10-9-11-19(21)4/h6-14,18,22H,5,15-17H2,1-4H3,(H,25,28). The van der Waals surface area contributed by atoms with Crippen LogP contribution < -0.4 is 5.32 Å². The fourth-order valence-corrected chi connectivity index (χ4v) is 3.35. The molecule has 0 spiro atoms. The Balaban J connectivity index is 2.21. The Morgan fingerprint density at radius 1 is 1.00 bits per heavy atom. The van der Waals surface area contributed by atoms with E-state index in [9.17, 15) is 9.59 Å². The first-order valence-corrected chi connectivity index (χ1v) is 10.1. The van der Waals surface area contributed by atoms with Crippen molar-refractivity contribution in [3.8, 4) is 0 Å². The number of benzene rings is 2. The zero-order valence-electron chi connectivity index (χ0n) is 17.4. The summed E-state index contributed by atoms with van der Waals surface area (Å²) in [7, 11) is 0. The van der Waals surface area contributed by atoms with E-state index in [-0.39, 0.29) is 17.9 Å². The average molecular weight is 381 g/mol. The monoisotopic (exact) mass is 380 g/mol. The fourth-order valence-electron chi connectivity index (χ4n) is 3.35. The molecule has 150 valence electrons. The summed E-state index contributed by atoms with van der Waals surface area (Å²) in [5, 5.41) is 2.97. The van der Waals surface area contributed by atoms with Gasteiger partial charge >= 0.3 is 0 Å². The number of amides is 2. The third kappa shape index (κ3) is 6.22. The van der Waals surface area contributed by atoms with Gasteiger partial charge < -0.3 is 10.2 Å². The van der Waals surface area contributed by atoms with Gasteiger partial charge in [0, 0.05) is 12.6 Å². The van der Waals surface area contributed by atoms with Crippen molar-refractivity contribution >= 4 is 11.8 Å². The molecule has 0 aliphatic heterocycles. The number of nitrogens with one attached hydrogen (secondary N) is 1. The lowest BCUT2D eigenvalue weighted by Gasteiger charge is -2.31. The summed E-state index contributed by atoms with van der Waals surface area (Å²) in [6.07, 6.45) is 1.63. The number of hydrogen-bond donors (Lipinski definition) is 1. The fraction of sp³-hybridized carbons (Fsp3) is 0.417. The third-order valence-electron chi connectivity index (χ3n) is 4.90. The number of nitrogens with zero attached hydrogens (tertiary/aromatic N) is 1. The van der Waals surface area contributed by atoms with E-state index in [1.165, 1.54) is 0 Å². The molecule has 2 amide bonds. The molecular weight excluding hydrogens is 348 g/mol. The molecule has 28 heavy (non-hydrogen) atoms. The molecule has 0 radical (unpaired) electrons. The van der Waals surface area contributed by atoms with Crippen LogP contribution in [0.1, 0.15) is 43.9 Å². The second-order valence-corrected chi connectivity index (χ2v) is 7.51. The average Bonchev–Trinajstić information content (AvgIpc) is 2.67. The quantitative estimate of drug-likeness (QED) is 0.717. The summed E-state index contributed by atoms with van der Waals surface area (Å²) >= 11 is 0. The van der Waals surface area contributed by atoms with Crippen molar-refractivity contribution in [1.29, 1.82) is 0 Å². The smallest absolute Gasteiger partial charge is 0.242 e. The largest absolute Gasteiger partial charge is 0.352 e. The number of carbonyl (C=O) groups is 2. The lowest BCUT2D eigenvalue weighted by Crippen LogP contribution is -2.51. The van der Waals surface area contributed by atoms with Gasteiger partial charge in [0.15, 0.2) is 0 Å².